The largest absolute Gasteiger partial charge is 0.392 e. The highest BCUT2D eigenvalue weighted by molar-refractivity contribution is 6.08. The predicted octanol–water partition coefficient (Wildman–Crippen LogP) is 0.431. The molecule has 0 aliphatic carbocycles. The third-order valence-corrected chi connectivity index (χ3v) is 2.17. The molecular formula is C10H23BN2O. The molecule has 0 aliphatic rings. The molecular weight excluding hydrogens is 175 g/mol. The Balaban J connectivity index is 3.50. The Morgan fingerprint density at radius 3 is 2.64 bits per heavy atom. The zero-order valence-corrected chi connectivity index (χ0v) is 9.42. The quantitative estimate of drug-likeness (QED) is 0.391. The smallest absolute Gasteiger partial charge is 0.0653 e. The molecule has 82 valence electrons. The maximum atomic E-state index is 9.04. The summed E-state index contributed by atoms with van der Waals surface area (Å²) < 4.78 is 0. The van der Waals surface area contributed by atoms with Gasteiger partial charge in [-0.05, 0) is 20.3 Å². The molecule has 0 spiro atoms. The number of aliphatic hydroxyl groups excluding tert-OH is 1. The lowest BCUT2D eigenvalue weighted by Crippen LogP contribution is -2.47. The summed E-state index contributed by atoms with van der Waals surface area (Å²) >= 11 is 0. The third kappa shape index (κ3) is 8.54. The average Bonchev–Trinajstić information content (AvgIpc) is 2.03. The van der Waals surface area contributed by atoms with Crippen molar-refractivity contribution in [3.05, 3.63) is 0 Å². The second-order valence-corrected chi connectivity index (χ2v) is 4.38. The summed E-state index contributed by atoms with van der Waals surface area (Å²) in [5, 5.41) is 12.2. The fraction of sp³-hybridized carbons (Fsp3) is 1.00. The Labute approximate surface area is 88.9 Å². The van der Waals surface area contributed by atoms with E-state index in [9.17, 15) is 0 Å². The molecule has 2 radical (unpaired) electrons. The van der Waals surface area contributed by atoms with E-state index in [0.717, 1.165) is 32.1 Å². The summed E-state index contributed by atoms with van der Waals surface area (Å²) in [7, 11) is 5.41. The van der Waals surface area contributed by atoms with Crippen LogP contribution in [-0.2, 0) is 0 Å². The van der Waals surface area contributed by atoms with Gasteiger partial charge < -0.3 is 16.2 Å². The zero-order valence-electron chi connectivity index (χ0n) is 9.42. The van der Waals surface area contributed by atoms with Crippen molar-refractivity contribution < 1.29 is 5.11 Å². The fourth-order valence-electron chi connectivity index (χ4n) is 1.33. The Bertz CT molecular complexity index is 140. The molecule has 0 heterocycles. The molecule has 0 bridgehead atoms. The highest BCUT2D eigenvalue weighted by atomic mass is 16.3. The molecule has 4 N–H and O–H groups in total. The van der Waals surface area contributed by atoms with Gasteiger partial charge in [-0.2, -0.15) is 0 Å². The first-order valence-corrected chi connectivity index (χ1v) is 5.35. The van der Waals surface area contributed by atoms with Crippen LogP contribution in [0.3, 0.4) is 0 Å². The van der Waals surface area contributed by atoms with E-state index in [-0.39, 0.29) is 11.6 Å². The van der Waals surface area contributed by atoms with E-state index in [1.165, 1.54) is 0 Å². The number of nitrogens with one attached hydrogen (secondary N) is 1. The lowest BCUT2D eigenvalue weighted by Gasteiger charge is -2.25. The van der Waals surface area contributed by atoms with Crippen molar-refractivity contribution >= 4 is 7.85 Å². The first kappa shape index (κ1) is 13.9. The van der Waals surface area contributed by atoms with Gasteiger partial charge in [-0.3, -0.25) is 0 Å². The Morgan fingerprint density at radius 1 is 1.50 bits per heavy atom. The monoisotopic (exact) mass is 198 g/mol. The molecule has 0 saturated carbocycles. The summed E-state index contributed by atoms with van der Waals surface area (Å²) in [6.07, 6.45) is 3.49. The van der Waals surface area contributed by atoms with Gasteiger partial charge in [0.1, 0.15) is 0 Å². The van der Waals surface area contributed by atoms with Crippen LogP contribution in [0.25, 0.3) is 0 Å². The van der Waals surface area contributed by atoms with E-state index in [1.54, 1.807) is 6.92 Å². The van der Waals surface area contributed by atoms with Gasteiger partial charge in [0.25, 0.3) is 0 Å². The minimum absolute atomic E-state index is 0.190. The van der Waals surface area contributed by atoms with E-state index < -0.39 is 0 Å². The van der Waals surface area contributed by atoms with Gasteiger partial charge in [-0.25, -0.2) is 0 Å². The van der Waals surface area contributed by atoms with Crippen molar-refractivity contribution in [3.63, 3.8) is 0 Å². The van der Waals surface area contributed by atoms with Crippen LogP contribution in [0.4, 0.5) is 0 Å². The van der Waals surface area contributed by atoms with Gasteiger partial charge in [0.2, 0.25) is 0 Å². The van der Waals surface area contributed by atoms with Crippen LogP contribution in [0.1, 0.15) is 33.1 Å². The number of nitrogens with two attached hydrogens (primary N) is 1. The molecule has 4 heteroatoms. The molecule has 2 atom stereocenters. The summed E-state index contributed by atoms with van der Waals surface area (Å²) in [4.78, 5) is 0. The van der Waals surface area contributed by atoms with Crippen LogP contribution >= 0.6 is 0 Å². The van der Waals surface area contributed by atoms with Crippen molar-refractivity contribution in [1.82, 2.24) is 5.32 Å². The second kappa shape index (κ2) is 7.26. The van der Waals surface area contributed by atoms with Crippen LogP contribution in [0.5, 0.6) is 0 Å². The average molecular weight is 198 g/mol. The Kier molecular flexibility index (Phi) is 7.24. The fourth-order valence-corrected chi connectivity index (χ4v) is 1.33. The summed E-state index contributed by atoms with van der Waals surface area (Å²) in [6, 6.07) is 0. The van der Waals surface area contributed by atoms with Gasteiger partial charge in [0, 0.05) is 18.6 Å². The summed E-state index contributed by atoms with van der Waals surface area (Å²) in [5.74, 6) is 0. The highest BCUT2D eigenvalue weighted by Gasteiger charge is 2.16. The summed E-state index contributed by atoms with van der Waals surface area (Å²) in [6.45, 7) is 5.12. The van der Waals surface area contributed by atoms with Crippen molar-refractivity contribution in [2.24, 2.45) is 5.73 Å². The predicted molar refractivity (Wildman–Crippen MR) is 61.6 cm³/mol. The topological polar surface area (TPSA) is 58.3 Å². The van der Waals surface area contributed by atoms with Crippen molar-refractivity contribution in [3.8, 4) is 0 Å². The second-order valence-electron chi connectivity index (χ2n) is 4.38. The number of hydrogen-bond acceptors (Lipinski definition) is 3. The van der Waals surface area contributed by atoms with Gasteiger partial charge in [0.15, 0.2) is 0 Å². The number of unbranched alkanes of at least 4 members (excludes halogenated alkanes) is 1. The highest BCUT2D eigenvalue weighted by Crippen LogP contribution is 2.10. The van der Waals surface area contributed by atoms with Crippen LogP contribution in [0.2, 0.25) is 6.32 Å². The Hall–Kier alpha value is -0.0551. The molecule has 0 aromatic heterocycles. The summed E-state index contributed by atoms with van der Waals surface area (Å²) in [5.41, 5.74) is 5.87. The molecule has 14 heavy (non-hydrogen) atoms. The molecule has 0 aromatic rings. The van der Waals surface area contributed by atoms with Crippen LogP contribution < -0.4 is 11.1 Å². The molecule has 0 amide bonds. The SMILES string of the molecule is [B]CCCCC(C)(N)CNCC(C)O. The number of rotatable bonds is 8. The van der Waals surface area contributed by atoms with E-state index in [0.29, 0.717) is 6.54 Å². The minimum atomic E-state index is -0.310. The van der Waals surface area contributed by atoms with Crippen molar-refractivity contribution in [2.45, 2.75) is 51.1 Å². The number of hydrogen-bond donors (Lipinski definition) is 3. The lowest BCUT2D eigenvalue weighted by atomic mass is 9.92. The van der Waals surface area contributed by atoms with Crippen LogP contribution in [0, 0.1) is 0 Å². The van der Waals surface area contributed by atoms with E-state index in [2.05, 4.69) is 5.32 Å². The number of aliphatic hydroxyl groups is 1. The Morgan fingerprint density at radius 2 is 2.14 bits per heavy atom. The molecule has 0 fully saturated rings. The van der Waals surface area contributed by atoms with E-state index in [4.69, 9.17) is 18.7 Å². The van der Waals surface area contributed by atoms with E-state index in [1.807, 2.05) is 6.92 Å². The normalized spacial score (nSPS) is 17.7. The maximum absolute atomic E-state index is 9.04. The van der Waals surface area contributed by atoms with Gasteiger partial charge in [0.05, 0.1) is 14.0 Å². The molecule has 3 nitrogen and oxygen atoms in total. The molecule has 0 rings (SSSR count). The lowest BCUT2D eigenvalue weighted by molar-refractivity contribution is 0.187. The zero-order chi connectivity index (χ0) is 11.0. The maximum Gasteiger partial charge on any atom is 0.0653 e. The van der Waals surface area contributed by atoms with E-state index >= 15 is 0 Å². The molecule has 0 aromatic carbocycles. The third-order valence-electron chi connectivity index (χ3n) is 2.17. The molecule has 0 aliphatic heterocycles. The van der Waals surface area contributed by atoms with Crippen molar-refractivity contribution in [2.75, 3.05) is 13.1 Å². The first-order chi connectivity index (χ1) is 6.48. The van der Waals surface area contributed by atoms with Crippen LogP contribution in [0.15, 0.2) is 0 Å². The van der Waals surface area contributed by atoms with Gasteiger partial charge >= 0.3 is 0 Å². The van der Waals surface area contributed by atoms with Crippen molar-refractivity contribution in [1.29, 1.82) is 0 Å². The molecule has 0 saturated heterocycles. The standard InChI is InChI=1S/C10H23BN2O/c1-9(14)7-13-8-10(2,12)5-3-4-6-11/h9,13-14H,3-8,12H2,1-2H3. The van der Waals surface area contributed by atoms with Gasteiger partial charge in [-0.15, -0.1) is 0 Å². The first-order valence-electron chi connectivity index (χ1n) is 5.35. The van der Waals surface area contributed by atoms with Gasteiger partial charge in [-0.1, -0.05) is 19.2 Å². The molecule has 2 unspecified atom stereocenters. The minimum Gasteiger partial charge on any atom is -0.392 e. The van der Waals surface area contributed by atoms with Crippen LogP contribution in [-0.4, -0.2) is 37.7 Å².